The lowest BCUT2D eigenvalue weighted by Gasteiger charge is -2.30. The molecular weight excluding hydrogens is 227 g/mol. The van der Waals surface area contributed by atoms with Crippen LogP contribution in [0.4, 0.5) is 13.2 Å². The first-order valence-corrected chi connectivity index (χ1v) is 4.80. The summed E-state index contributed by atoms with van der Waals surface area (Å²) in [5.41, 5.74) is -1.92. The molecule has 7 heteroatoms. The van der Waals surface area contributed by atoms with Crippen LogP contribution in [0.5, 0.6) is 0 Å². The summed E-state index contributed by atoms with van der Waals surface area (Å²) in [5, 5.41) is 8.52. The topological polar surface area (TPSA) is 49.8 Å². The van der Waals surface area contributed by atoms with E-state index >= 15 is 0 Å². The van der Waals surface area contributed by atoms with E-state index in [2.05, 4.69) is 4.74 Å². The SMILES string of the molecule is COCC1(C(F)(F)F)CCN(CC(=O)O)C1. The Hall–Kier alpha value is -0.820. The van der Waals surface area contributed by atoms with Gasteiger partial charge in [-0.1, -0.05) is 0 Å². The minimum atomic E-state index is -4.36. The van der Waals surface area contributed by atoms with E-state index in [-0.39, 0.29) is 26.1 Å². The summed E-state index contributed by atoms with van der Waals surface area (Å²) in [7, 11) is 1.22. The third-order valence-electron chi connectivity index (χ3n) is 2.81. The maximum atomic E-state index is 12.9. The second-order valence-corrected chi connectivity index (χ2v) is 4.07. The Bertz CT molecular complexity index is 269. The number of nitrogens with zero attached hydrogens (tertiary/aromatic N) is 1. The van der Waals surface area contributed by atoms with Gasteiger partial charge < -0.3 is 9.84 Å². The fourth-order valence-corrected chi connectivity index (χ4v) is 1.99. The van der Waals surface area contributed by atoms with E-state index < -0.39 is 24.2 Å². The molecular formula is C9H14F3NO3. The molecule has 0 aliphatic carbocycles. The Balaban J connectivity index is 2.72. The van der Waals surface area contributed by atoms with Crippen LogP contribution < -0.4 is 0 Å². The molecule has 0 amide bonds. The summed E-state index contributed by atoms with van der Waals surface area (Å²) >= 11 is 0. The molecule has 0 radical (unpaired) electrons. The van der Waals surface area contributed by atoms with E-state index in [1.165, 1.54) is 12.0 Å². The Kier molecular flexibility index (Phi) is 3.80. The summed E-state index contributed by atoms with van der Waals surface area (Å²) < 4.78 is 43.2. The van der Waals surface area contributed by atoms with Gasteiger partial charge in [0.2, 0.25) is 0 Å². The number of aliphatic carboxylic acids is 1. The van der Waals surface area contributed by atoms with Crippen molar-refractivity contribution in [2.24, 2.45) is 5.41 Å². The molecule has 1 aliphatic rings. The van der Waals surface area contributed by atoms with Crippen molar-refractivity contribution in [2.75, 3.05) is 33.4 Å². The molecule has 1 saturated heterocycles. The second-order valence-electron chi connectivity index (χ2n) is 4.07. The van der Waals surface area contributed by atoms with Crippen molar-refractivity contribution in [3.05, 3.63) is 0 Å². The van der Waals surface area contributed by atoms with E-state index in [0.29, 0.717) is 0 Å². The van der Waals surface area contributed by atoms with E-state index in [9.17, 15) is 18.0 Å². The van der Waals surface area contributed by atoms with Crippen molar-refractivity contribution in [2.45, 2.75) is 12.6 Å². The Morgan fingerprint density at radius 2 is 2.19 bits per heavy atom. The number of carbonyl (C=O) groups is 1. The first kappa shape index (κ1) is 13.2. The van der Waals surface area contributed by atoms with Crippen LogP contribution in [0.25, 0.3) is 0 Å². The third-order valence-corrected chi connectivity index (χ3v) is 2.81. The molecule has 4 nitrogen and oxygen atoms in total. The number of carboxylic acids is 1. The fraction of sp³-hybridized carbons (Fsp3) is 0.889. The van der Waals surface area contributed by atoms with Crippen molar-refractivity contribution in [1.29, 1.82) is 0 Å². The molecule has 0 spiro atoms. The highest BCUT2D eigenvalue weighted by Gasteiger charge is 2.58. The zero-order chi connectivity index (χ0) is 12.4. The van der Waals surface area contributed by atoms with Gasteiger partial charge in [-0.2, -0.15) is 13.2 Å². The van der Waals surface area contributed by atoms with Gasteiger partial charge in [-0.3, -0.25) is 9.69 Å². The summed E-state index contributed by atoms with van der Waals surface area (Å²) in [6.45, 7) is -0.958. The highest BCUT2D eigenvalue weighted by molar-refractivity contribution is 5.69. The first-order chi connectivity index (χ1) is 7.31. The molecule has 16 heavy (non-hydrogen) atoms. The van der Waals surface area contributed by atoms with Crippen LogP contribution in [-0.4, -0.2) is 55.5 Å². The van der Waals surface area contributed by atoms with Gasteiger partial charge in [0, 0.05) is 13.7 Å². The number of hydrogen-bond acceptors (Lipinski definition) is 3. The van der Waals surface area contributed by atoms with E-state index in [4.69, 9.17) is 5.11 Å². The highest BCUT2D eigenvalue weighted by atomic mass is 19.4. The zero-order valence-electron chi connectivity index (χ0n) is 8.88. The molecule has 0 aromatic carbocycles. The lowest BCUT2D eigenvalue weighted by atomic mass is 9.87. The molecule has 0 saturated carbocycles. The van der Waals surface area contributed by atoms with Gasteiger partial charge in [-0.15, -0.1) is 0 Å². The van der Waals surface area contributed by atoms with Crippen LogP contribution in [0.2, 0.25) is 0 Å². The Morgan fingerprint density at radius 3 is 2.62 bits per heavy atom. The van der Waals surface area contributed by atoms with Gasteiger partial charge in [0.1, 0.15) is 5.41 Å². The number of rotatable bonds is 4. The lowest BCUT2D eigenvalue weighted by Crippen LogP contribution is -2.44. The molecule has 0 bridgehead atoms. The number of ether oxygens (including phenoxy) is 1. The third kappa shape index (κ3) is 2.65. The van der Waals surface area contributed by atoms with E-state index in [1.807, 2.05) is 0 Å². The molecule has 1 aliphatic heterocycles. The number of carboxylic acid groups (broad SMARTS) is 1. The van der Waals surface area contributed by atoms with Crippen LogP contribution in [0.3, 0.4) is 0 Å². The molecule has 1 rings (SSSR count). The van der Waals surface area contributed by atoms with Crippen molar-refractivity contribution in [3.8, 4) is 0 Å². The maximum absolute atomic E-state index is 12.9. The molecule has 1 unspecified atom stereocenters. The maximum Gasteiger partial charge on any atom is 0.397 e. The van der Waals surface area contributed by atoms with Gasteiger partial charge in [0.25, 0.3) is 0 Å². The second kappa shape index (κ2) is 4.58. The molecule has 1 N–H and O–H groups in total. The molecule has 1 heterocycles. The molecule has 1 fully saturated rings. The van der Waals surface area contributed by atoms with Crippen LogP contribution in [0.1, 0.15) is 6.42 Å². The fourth-order valence-electron chi connectivity index (χ4n) is 1.99. The summed E-state index contributed by atoms with van der Waals surface area (Å²) in [6, 6.07) is 0. The van der Waals surface area contributed by atoms with Gasteiger partial charge in [0.05, 0.1) is 13.2 Å². The quantitative estimate of drug-likeness (QED) is 0.796. The van der Waals surface area contributed by atoms with Crippen molar-refractivity contribution >= 4 is 5.97 Å². The monoisotopic (exact) mass is 241 g/mol. The first-order valence-electron chi connectivity index (χ1n) is 4.80. The zero-order valence-corrected chi connectivity index (χ0v) is 8.88. The summed E-state index contributed by atoms with van der Waals surface area (Å²) in [5.74, 6) is -1.12. The average molecular weight is 241 g/mol. The number of halogens is 3. The number of likely N-dealkylation sites (tertiary alicyclic amines) is 1. The van der Waals surface area contributed by atoms with Gasteiger partial charge in [-0.05, 0) is 13.0 Å². The minimum absolute atomic E-state index is 0.113. The van der Waals surface area contributed by atoms with E-state index in [0.717, 1.165) is 0 Å². The van der Waals surface area contributed by atoms with Crippen LogP contribution >= 0.6 is 0 Å². The number of hydrogen-bond donors (Lipinski definition) is 1. The number of methoxy groups -OCH3 is 1. The minimum Gasteiger partial charge on any atom is -0.480 e. The van der Waals surface area contributed by atoms with Gasteiger partial charge >= 0.3 is 12.1 Å². The van der Waals surface area contributed by atoms with E-state index in [1.54, 1.807) is 0 Å². The van der Waals surface area contributed by atoms with Crippen LogP contribution in [-0.2, 0) is 9.53 Å². The predicted molar refractivity (Wildman–Crippen MR) is 49.1 cm³/mol. The van der Waals surface area contributed by atoms with Crippen LogP contribution in [0.15, 0.2) is 0 Å². The molecule has 0 aromatic rings. The molecule has 94 valence electrons. The molecule has 1 atom stereocenters. The lowest BCUT2D eigenvalue weighted by molar-refractivity contribution is -0.233. The standard InChI is InChI=1S/C9H14F3NO3/c1-16-6-8(9(10,11)12)2-3-13(5-8)4-7(14)15/h2-6H2,1H3,(H,14,15). The van der Waals surface area contributed by atoms with Crippen LogP contribution in [0, 0.1) is 5.41 Å². The Morgan fingerprint density at radius 1 is 1.56 bits per heavy atom. The Labute approximate surface area is 91.0 Å². The largest absolute Gasteiger partial charge is 0.480 e. The van der Waals surface area contributed by atoms with Crippen molar-refractivity contribution in [3.63, 3.8) is 0 Å². The average Bonchev–Trinajstić information content (AvgIpc) is 2.48. The van der Waals surface area contributed by atoms with Crippen molar-refractivity contribution in [1.82, 2.24) is 4.90 Å². The number of alkyl halides is 3. The smallest absolute Gasteiger partial charge is 0.397 e. The highest BCUT2D eigenvalue weighted by Crippen LogP contribution is 2.45. The van der Waals surface area contributed by atoms with Crippen molar-refractivity contribution < 1.29 is 27.8 Å². The normalized spacial score (nSPS) is 27.2. The predicted octanol–water partition coefficient (Wildman–Crippen LogP) is 0.972. The summed E-state index contributed by atoms with van der Waals surface area (Å²) in [6.07, 6.45) is -4.48. The summed E-state index contributed by atoms with van der Waals surface area (Å²) in [4.78, 5) is 11.7. The molecule has 0 aromatic heterocycles. The van der Waals surface area contributed by atoms with Gasteiger partial charge in [-0.25, -0.2) is 0 Å². The van der Waals surface area contributed by atoms with Gasteiger partial charge in [0.15, 0.2) is 0 Å².